The third kappa shape index (κ3) is 7.23. The summed E-state index contributed by atoms with van der Waals surface area (Å²) < 4.78 is 0. The second-order valence-corrected chi connectivity index (χ2v) is 2.14. The zero-order valence-electron chi connectivity index (χ0n) is 6.10. The van der Waals surface area contributed by atoms with E-state index >= 15 is 0 Å². The standard InChI is InChI=1S/C6H15N3O/c7-4-2-1-3-5-9-6(8)10/h1-5,7H2,(H3,8,9,10). The maximum absolute atomic E-state index is 10.1. The van der Waals surface area contributed by atoms with Crippen LogP contribution in [0.15, 0.2) is 0 Å². The molecular formula is C6H15N3O. The normalized spacial score (nSPS) is 9.30. The van der Waals surface area contributed by atoms with Gasteiger partial charge in [-0.25, -0.2) is 4.79 Å². The van der Waals surface area contributed by atoms with Crippen LogP contribution in [0, 0.1) is 0 Å². The van der Waals surface area contributed by atoms with Crippen LogP contribution in [0.3, 0.4) is 0 Å². The predicted molar refractivity (Wildman–Crippen MR) is 40.5 cm³/mol. The predicted octanol–water partition coefficient (Wildman–Crippen LogP) is -0.216. The van der Waals surface area contributed by atoms with Gasteiger partial charge in [0.2, 0.25) is 0 Å². The van der Waals surface area contributed by atoms with Gasteiger partial charge in [-0.3, -0.25) is 0 Å². The quantitative estimate of drug-likeness (QED) is 0.468. The number of amides is 2. The first-order valence-electron chi connectivity index (χ1n) is 3.50. The molecule has 0 fully saturated rings. The Kier molecular flexibility index (Phi) is 5.86. The number of hydrogen-bond acceptors (Lipinski definition) is 2. The van der Waals surface area contributed by atoms with Crippen LogP contribution in [0.2, 0.25) is 0 Å². The zero-order chi connectivity index (χ0) is 7.82. The highest BCUT2D eigenvalue weighted by molar-refractivity contribution is 5.71. The van der Waals surface area contributed by atoms with Crippen molar-refractivity contribution in [2.75, 3.05) is 13.1 Å². The molecule has 0 heterocycles. The molecule has 0 unspecified atom stereocenters. The summed E-state index contributed by atoms with van der Waals surface area (Å²) >= 11 is 0. The Bertz CT molecular complexity index is 95.0. The lowest BCUT2D eigenvalue weighted by molar-refractivity contribution is 0.248. The van der Waals surface area contributed by atoms with Gasteiger partial charge in [-0.15, -0.1) is 0 Å². The van der Waals surface area contributed by atoms with Crippen LogP contribution in [0.5, 0.6) is 0 Å². The number of carbonyl (C=O) groups is 1. The highest BCUT2D eigenvalue weighted by Gasteiger charge is 1.89. The summed E-state index contributed by atoms with van der Waals surface area (Å²) in [7, 11) is 0. The molecule has 10 heavy (non-hydrogen) atoms. The molecule has 0 aromatic carbocycles. The fraction of sp³-hybridized carbons (Fsp3) is 0.833. The first-order chi connectivity index (χ1) is 4.77. The second kappa shape index (κ2) is 6.35. The van der Waals surface area contributed by atoms with Crippen LogP contribution in [-0.2, 0) is 0 Å². The van der Waals surface area contributed by atoms with Crippen molar-refractivity contribution in [3.8, 4) is 0 Å². The Morgan fingerprint density at radius 2 is 2.00 bits per heavy atom. The van der Waals surface area contributed by atoms with E-state index in [4.69, 9.17) is 11.5 Å². The van der Waals surface area contributed by atoms with E-state index in [1.165, 1.54) is 0 Å². The smallest absolute Gasteiger partial charge is 0.312 e. The SMILES string of the molecule is NCCCCCNC(N)=O. The summed E-state index contributed by atoms with van der Waals surface area (Å²) in [6.45, 7) is 1.38. The Hall–Kier alpha value is -0.770. The minimum Gasteiger partial charge on any atom is -0.352 e. The number of hydrogen-bond donors (Lipinski definition) is 3. The molecule has 0 saturated carbocycles. The average Bonchev–Trinajstić information content (AvgIpc) is 1.87. The van der Waals surface area contributed by atoms with E-state index in [1.807, 2.05) is 0 Å². The first kappa shape index (κ1) is 9.23. The van der Waals surface area contributed by atoms with Gasteiger partial charge in [-0.1, -0.05) is 6.42 Å². The van der Waals surface area contributed by atoms with Gasteiger partial charge < -0.3 is 16.8 Å². The highest BCUT2D eigenvalue weighted by Crippen LogP contribution is 1.90. The first-order valence-corrected chi connectivity index (χ1v) is 3.50. The minimum atomic E-state index is -0.451. The summed E-state index contributed by atoms with van der Waals surface area (Å²) in [5.74, 6) is 0. The number of nitrogens with one attached hydrogen (secondary N) is 1. The van der Waals surface area contributed by atoms with Gasteiger partial charge in [-0.2, -0.15) is 0 Å². The molecule has 0 bridgehead atoms. The molecule has 0 aliphatic heterocycles. The van der Waals surface area contributed by atoms with Crippen molar-refractivity contribution < 1.29 is 4.79 Å². The van der Waals surface area contributed by atoms with Gasteiger partial charge in [0.05, 0.1) is 0 Å². The molecule has 0 aliphatic rings. The van der Waals surface area contributed by atoms with Crippen molar-refractivity contribution in [2.24, 2.45) is 11.5 Å². The number of urea groups is 1. The molecule has 0 saturated heterocycles. The van der Waals surface area contributed by atoms with Crippen LogP contribution >= 0.6 is 0 Å². The Balaban J connectivity index is 2.84. The molecule has 0 aromatic heterocycles. The average molecular weight is 145 g/mol. The lowest BCUT2D eigenvalue weighted by atomic mass is 10.2. The topological polar surface area (TPSA) is 81.1 Å². The molecule has 0 spiro atoms. The van der Waals surface area contributed by atoms with Gasteiger partial charge in [-0.05, 0) is 19.4 Å². The molecular weight excluding hydrogens is 130 g/mol. The number of unbranched alkanes of at least 4 members (excludes halogenated alkanes) is 2. The van der Waals surface area contributed by atoms with Crippen LogP contribution in [0.25, 0.3) is 0 Å². The minimum absolute atomic E-state index is 0.451. The molecule has 2 amide bonds. The maximum Gasteiger partial charge on any atom is 0.312 e. The number of primary amides is 1. The van der Waals surface area contributed by atoms with Gasteiger partial charge in [0.25, 0.3) is 0 Å². The highest BCUT2D eigenvalue weighted by atomic mass is 16.2. The Morgan fingerprint density at radius 1 is 1.30 bits per heavy atom. The van der Waals surface area contributed by atoms with Crippen LogP contribution in [0.4, 0.5) is 4.79 Å². The van der Waals surface area contributed by atoms with Crippen molar-refractivity contribution >= 4 is 6.03 Å². The van der Waals surface area contributed by atoms with E-state index in [-0.39, 0.29) is 0 Å². The van der Waals surface area contributed by atoms with Crippen molar-refractivity contribution in [3.63, 3.8) is 0 Å². The Labute approximate surface area is 61.0 Å². The van der Waals surface area contributed by atoms with Crippen LogP contribution in [0.1, 0.15) is 19.3 Å². The van der Waals surface area contributed by atoms with E-state index in [0.717, 1.165) is 25.8 Å². The summed E-state index contributed by atoms with van der Waals surface area (Å²) in [5.41, 5.74) is 10.1. The van der Waals surface area contributed by atoms with Gasteiger partial charge in [0, 0.05) is 6.54 Å². The molecule has 4 nitrogen and oxygen atoms in total. The summed E-state index contributed by atoms with van der Waals surface area (Å²) in [6.07, 6.45) is 3.03. The summed E-state index contributed by atoms with van der Waals surface area (Å²) in [5, 5.41) is 2.50. The molecule has 4 heteroatoms. The van der Waals surface area contributed by atoms with Crippen LogP contribution in [-0.4, -0.2) is 19.1 Å². The molecule has 0 radical (unpaired) electrons. The Morgan fingerprint density at radius 3 is 2.50 bits per heavy atom. The number of rotatable bonds is 5. The van der Waals surface area contributed by atoms with Gasteiger partial charge in [0.15, 0.2) is 0 Å². The third-order valence-corrected chi connectivity index (χ3v) is 1.18. The van der Waals surface area contributed by atoms with E-state index in [2.05, 4.69) is 5.32 Å². The summed E-state index contributed by atoms with van der Waals surface area (Å²) in [6, 6.07) is -0.451. The number of carbonyl (C=O) groups excluding carboxylic acids is 1. The lowest BCUT2D eigenvalue weighted by Gasteiger charge is -1.99. The molecule has 0 aromatic rings. The van der Waals surface area contributed by atoms with E-state index in [1.54, 1.807) is 0 Å². The molecule has 0 aliphatic carbocycles. The van der Waals surface area contributed by atoms with Crippen molar-refractivity contribution in [3.05, 3.63) is 0 Å². The van der Waals surface area contributed by atoms with Crippen molar-refractivity contribution in [2.45, 2.75) is 19.3 Å². The molecule has 60 valence electrons. The fourth-order valence-electron chi connectivity index (χ4n) is 0.658. The summed E-state index contributed by atoms with van der Waals surface area (Å²) in [4.78, 5) is 10.1. The molecule has 0 rings (SSSR count). The van der Waals surface area contributed by atoms with Crippen LogP contribution < -0.4 is 16.8 Å². The molecule has 5 N–H and O–H groups in total. The second-order valence-electron chi connectivity index (χ2n) is 2.14. The van der Waals surface area contributed by atoms with Gasteiger partial charge >= 0.3 is 6.03 Å². The van der Waals surface area contributed by atoms with Crippen molar-refractivity contribution in [1.29, 1.82) is 0 Å². The van der Waals surface area contributed by atoms with Crippen molar-refractivity contribution in [1.82, 2.24) is 5.32 Å². The fourth-order valence-corrected chi connectivity index (χ4v) is 0.658. The van der Waals surface area contributed by atoms with E-state index in [9.17, 15) is 4.79 Å². The van der Waals surface area contributed by atoms with E-state index in [0.29, 0.717) is 6.54 Å². The third-order valence-electron chi connectivity index (χ3n) is 1.18. The number of nitrogens with two attached hydrogens (primary N) is 2. The van der Waals surface area contributed by atoms with Gasteiger partial charge in [0.1, 0.15) is 0 Å². The monoisotopic (exact) mass is 145 g/mol. The maximum atomic E-state index is 10.1. The molecule has 0 atom stereocenters. The largest absolute Gasteiger partial charge is 0.352 e. The lowest BCUT2D eigenvalue weighted by Crippen LogP contribution is -2.30. The van der Waals surface area contributed by atoms with E-state index < -0.39 is 6.03 Å². The zero-order valence-corrected chi connectivity index (χ0v) is 6.10.